The summed E-state index contributed by atoms with van der Waals surface area (Å²) in [5.74, 6) is 0. The number of rotatable bonds is 1. The van der Waals surface area contributed by atoms with Crippen molar-refractivity contribution in [2.75, 3.05) is 13.2 Å². The van der Waals surface area contributed by atoms with Gasteiger partial charge in [0.2, 0.25) is 0 Å². The van der Waals surface area contributed by atoms with Gasteiger partial charge in [0.1, 0.15) is 11.2 Å². The Morgan fingerprint density at radius 1 is 1.39 bits per heavy atom. The zero-order chi connectivity index (χ0) is 16.8. The van der Waals surface area contributed by atoms with Crippen LogP contribution in [0.4, 0.5) is 4.79 Å². The van der Waals surface area contributed by atoms with Crippen LogP contribution >= 0.6 is 0 Å². The molecule has 1 N–H and O–H groups in total. The van der Waals surface area contributed by atoms with E-state index in [1.54, 1.807) is 9.58 Å². The Balaban J connectivity index is 1.82. The van der Waals surface area contributed by atoms with Crippen LogP contribution in [0.3, 0.4) is 0 Å². The number of nitrogens with zero attached hydrogens (tertiary/aromatic N) is 3. The molecule has 3 rings (SSSR count). The summed E-state index contributed by atoms with van der Waals surface area (Å²) in [7, 11) is 1.83. The van der Waals surface area contributed by atoms with E-state index in [0.717, 1.165) is 0 Å². The maximum absolute atomic E-state index is 12.5. The summed E-state index contributed by atoms with van der Waals surface area (Å²) < 4.78 is 12.8. The predicted molar refractivity (Wildman–Crippen MR) is 82.8 cm³/mol. The highest BCUT2D eigenvalue weighted by atomic mass is 16.6. The van der Waals surface area contributed by atoms with Gasteiger partial charge in [0.15, 0.2) is 0 Å². The molecule has 128 valence electrons. The number of carbonyl (C=O) groups is 1. The molecule has 2 aliphatic heterocycles. The van der Waals surface area contributed by atoms with Crippen LogP contribution in [0.15, 0.2) is 12.3 Å². The summed E-state index contributed by atoms with van der Waals surface area (Å²) in [5, 5.41) is 15.4. The van der Waals surface area contributed by atoms with Crippen molar-refractivity contribution in [3.63, 3.8) is 0 Å². The van der Waals surface area contributed by atoms with Crippen LogP contribution < -0.4 is 0 Å². The van der Waals surface area contributed by atoms with E-state index in [1.807, 2.05) is 40.1 Å². The second-order valence-electron chi connectivity index (χ2n) is 7.55. The molecule has 23 heavy (non-hydrogen) atoms. The SMILES string of the molecule is Cn1ccc(C2(O)CC3COCC(C2)N3C(=O)OC(C)(C)C)n1. The van der Waals surface area contributed by atoms with Crippen LogP contribution in [-0.4, -0.2) is 56.8 Å². The Bertz CT molecular complexity index is 578. The third kappa shape index (κ3) is 3.21. The summed E-state index contributed by atoms with van der Waals surface area (Å²) in [5.41, 5.74) is -0.916. The Labute approximate surface area is 136 Å². The summed E-state index contributed by atoms with van der Waals surface area (Å²) in [6.45, 7) is 6.37. The number of aliphatic hydroxyl groups is 1. The van der Waals surface area contributed by atoms with Crippen molar-refractivity contribution in [3.8, 4) is 0 Å². The van der Waals surface area contributed by atoms with Crippen molar-refractivity contribution >= 4 is 6.09 Å². The molecule has 2 saturated heterocycles. The molecule has 2 bridgehead atoms. The fourth-order valence-corrected chi connectivity index (χ4v) is 3.46. The van der Waals surface area contributed by atoms with Gasteiger partial charge in [-0.1, -0.05) is 0 Å². The van der Waals surface area contributed by atoms with Gasteiger partial charge in [-0.2, -0.15) is 5.10 Å². The molecule has 1 aromatic heterocycles. The number of piperidine rings is 1. The first-order chi connectivity index (χ1) is 10.7. The van der Waals surface area contributed by atoms with Crippen molar-refractivity contribution in [3.05, 3.63) is 18.0 Å². The van der Waals surface area contributed by atoms with Gasteiger partial charge in [0, 0.05) is 26.1 Å². The molecule has 7 nitrogen and oxygen atoms in total. The molecule has 0 spiro atoms. The minimum atomic E-state index is -1.03. The molecule has 1 aromatic rings. The lowest BCUT2D eigenvalue weighted by Gasteiger charge is -2.50. The second kappa shape index (κ2) is 5.49. The Hall–Kier alpha value is -1.60. The van der Waals surface area contributed by atoms with E-state index in [1.165, 1.54) is 0 Å². The van der Waals surface area contributed by atoms with Crippen LogP contribution in [0.2, 0.25) is 0 Å². The predicted octanol–water partition coefficient (Wildman–Crippen LogP) is 1.41. The van der Waals surface area contributed by atoms with E-state index < -0.39 is 11.2 Å². The number of hydrogen-bond donors (Lipinski definition) is 1. The van der Waals surface area contributed by atoms with Crippen molar-refractivity contribution in [2.24, 2.45) is 7.05 Å². The van der Waals surface area contributed by atoms with Gasteiger partial charge in [-0.3, -0.25) is 9.58 Å². The van der Waals surface area contributed by atoms with Crippen LogP contribution in [0.25, 0.3) is 0 Å². The highest BCUT2D eigenvalue weighted by molar-refractivity contribution is 5.69. The molecule has 0 saturated carbocycles. The lowest BCUT2D eigenvalue weighted by molar-refractivity contribution is -0.142. The van der Waals surface area contributed by atoms with Gasteiger partial charge < -0.3 is 14.6 Å². The largest absolute Gasteiger partial charge is 0.444 e. The monoisotopic (exact) mass is 323 g/mol. The molecular formula is C16H25N3O4. The molecule has 0 radical (unpaired) electrons. The Morgan fingerprint density at radius 3 is 2.48 bits per heavy atom. The smallest absolute Gasteiger partial charge is 0.410 e. The molecule has 3 heterocycles. The van der Waals surface area contributed by atoms with Crippen molar-refractivity contribution < 1.29 is 19.4 Å². The quantitative estimate of drug-likeness (QED) is 0.845. The minimum Gasteiger partial charge on any atom is -0.444 e. The number of fused-ring (bicyclic) bond motifs is 2. The fourth-order valence-electron chi connectivity index (χ4n) is 3.46. The van der Waals surface area contributed by atoms with Crippen molar-refractivity contribution in [1.82, 2.24) is 14.7 Å². The third-order valence-corrected chi connectivity index (χ3v) is 4.35. The van der Waals surface area contributed by atoms with E-state index in [0.29, 0.717) is 31.7 Å². The van der Waals surface area contributed by atoms with Gasteiger partial charge in [0.05, 0.1) is 31.0 Å². The standard InChI is InChI=1S/C16H25N3O4/c1-15(2,3)23-14(20)19-11-7-16(21,8-12(19)10-22-9-11)13-5-6-18(4)17-13/h5-6,11-12,21H,7-10H2,1-4H3. The van der Waals surface area contributed by atoms with E-state index in [4.69, 9.17) is 9.47 Å². The van der Waals surface area contributed by atoms with Crippen LogP contribution in [0.5, 0.6) is 0 Å². The fraction of sp³-hybridized carbons (Fsp3) is 0.750. The number of hydrogen-bond acceptors (Lipinski definition) is 5. The highest BCUT2D eigenvalue weighted by Crippen LogP contribution is 2.40. The lowest BCUT2D eigenvalue weighted by atomic mass is 9.79. The topological polar surface area (TPSA) is 76.8 Å². The molecule has 2 atom stereocenters. The number of morpholine rings is 1. The number of aryl methyl sites for hydroxylation is 1. The first kappa shape index (κ1) is 16.3. The van der Waals surface area contributed by atoms with E-state index >= 15 is 0 Å². The average molecular weight is 323 g/mol. The molecule has 2 fully saturated rings. The molecule has 0 aromatic carbocycles. The molecule has 0 aliphatic carbocycles. The number of carbonyl (C=O) groups excluding carboxylic acids is 1. The normalized spacial score (nSPS) is 31.1. The first-order valence-corrected chi connectivity index (χ1v) is 7.99. The van der Waals surface area contributed by atoms with E-state index in [9.17, 15) is 9.90 Å². The molecule has 7 heteroatoms. The zero-order valence-corrected chi connectivity index (χ0v) is 14.2. The maximum Gasteiger partial charge on any atom is 0.410 e. The lowest BCUT2D eigenvalue weighted by Crippen LogP contribution is -2.63. The second-order valence-corrected chi connectivity index (χ2v) is 7.55. The van der Waals surface area contributed by atoms with Crippen molar-refractivity contribution in [1.29, 1.82) is 0 Å². The first-order valence-electron chi connectivity index (χ1n) is 7.99. The zero-order valence-electron chi connectivity index (χ0n) is 14.2. The van der Waals surface area contributed by atoms with Crippen molar-refractivity contribution in [2.45, 2.75) is 56.9 Å². The molecule has 2 unspecified atom stereocenters. The van der Waals surface area contributed by atoms with Gasteiger partial charge in [-0.05, 0) is 26.8 Å². The van der Waals surface area contributed by atoms with Gasteiger partial charge in [-0.15, -0.1) is 0 Å². The minimum absolute atomic E-state index is 0.204. The van der Waals surface area contributed by atoms with Crippen LogP contribution in [0, 0.1) is 0 Å². The summed E-state index contributed by atoms with van der Waals surface area (Å²) in [4.78, 5) is 14.3. The molecule has 2 aliphatic rings. The number of amides is 1. The van der Waals surface area contributed by atoms with Gasteiger partial charge in [-0.25, -0.2) is 4.79 Å². The molecule has 1 amide bonds. The third-order valence-electron chi connectivity index (χ3n) is 4.35. The van der Waals surface area contributed by atoms with Crippen LogP contribution in [0.1, 0.15) is 39.3 Å². The maximum atomic E-state index is 12.5. The van der Waals surface area contributed by atoms with Gasteiger partial charge >= 0.3 is 6.09 Å². The summed E-state index contributed by atoms with van der Waals surface area (Å²) in [6, 6.07) is 1.42. The number of ether oxygens (including phenoxy) is 2. The average Bonchev–Trinajstić information content (AvgIpc) is 2.83. The van der Waals surface area contributed by atoms with Crippen LogP contribution in [-0.2, 0) is 22.1 Å². The number of aromatic nitrogens is 2. The Morgan fingerprint density at radius 2 is 2.00 bits per heavy atom. The van der Waals surface area contributed by atoms with E-state index in [-0.39, 0.29) is 18.2 Å². The van der Waals surface area contributed by atoms with E-state index in [2.05, 4.69) is 5.10 Å². The summed E-state index contributed by atoms with van der Waals surface area (Å²) >= 11 is 0. The highest BCUT2D eigenvalue weighted by Gasteiger charge is 2.50. The molecular weight excluding hydrogens is 298 g/mol. The Kier molecular flexibility index (Phi) is 3.88. The summed E-state index contributed by atoms with van der Waals surface area (Å²) in [6.07, 6.45) is 2.29. The van der Waals surface area contributed by atoms with Gasteiger partial charge in [0.25, 0.3) is 0 Å².